The second kappa shape index (κ2) is 9.68. The molecule has 9 nitrogen and oxygen atoms in total. The third kappa shape index (κ3) is 4.93. The Morgan fingerprint density at radius 3 is 2.03 bits per heavy atom. The maximum Gasteiger partial charge on any atom is 0.337 e. The number of nitrogens with zero attached hydrogens (tertiary/aromatic N) is 1. The molecular weight excluding hydrogens is 460 g/mol. The van der Waals surface area contributed by atoms with E-state index in [1.54, 1.807) is 0 Å². The van der Waals surface area contributed by atoms with E-state index in [9.17, 15) is 22.8 Å². The van der Waals surface area contributed by atoms with Crippen molar-refractivity contribution in [1.82, 2.24) is 4.31 Å². The fraction of sp³-hybridized carbons (Fsp3) is 0.286. The van der Waals surface area contributed by atoms with Crippen LogP contribution in [0.4, 0.5) is 5.69 Å². The zero-order chi connectivity index (χ0) is 23.5. The summed E-state index contributed by atoms with van der Waals surface area (Å²) in [6, 6.07) is 7.79. The number of ether oxygens (including phenoxy) is 2. The lowest BCUT2D eigenvalue weighted by atomic mass is 10.1. The highest BCUT2D eigenvalue weighted by Gasteiger charge is 2.28. The van der Waals surface area contributed by atoms with Crippen molar-refractivity contribution < 1.29 is 32.3 Å². The average molecular weight is 481 g/mol. The molecule has 2 aromatic carbocycles. The number of amides is 1. The Bertz CT molecular complexity index is 1140. The maximum absolute atomic E-state index is 12.9. The zero-order valence-electron chi connectivity index (χ0n) is 17.4. The molecule has 1 saturated heterocycles. The highest BCUT2D eigenvalue weighted by molar-refractivity contribution is 7.89. The number of carbonyl (C=O) groups is 3. The number of carbonyl (C=O) groups excluding carboxylic acids is 3. The molecule has 1 heterocycles. The lowest BCUT2D eigenvalue weighted by Gasteiger charge is -2.16. The Morgan fingerprint density at radius 1 is 0.938 bits per heavy atom. The predicted octanol–water partition coefficient (Wildman–Crippen LogP) is 2.95. The normalized spacial score (nSPS) is 14.1. The van der Waals surface area contributed by atoms with Crippen LogP contribution in [0.3, 0.4) is 0 Å². The lowest BCUT2D eigenvalue weighted by Crippen LogP contribution is -2.28. The predicted molar refractivity (Wildman–Crippen MR) is 117 cm³/mol. The summed E-state index contributed by atoms with van der Waals surface area (Å²) in [5, 5.41) is 2.58. The van der Waals surface area contributed by atoms with Crippen LogP contribution in [0.1, 0.15) is 43.9 Å². The van der Waals surface area contributed by atoms with Crippen LogP contribution in [0.15, 0.2) is 41.3 Å². The molecule has 1 fully saturated rings. The minimum Gasteiger partial charge on any atom is -0.465 e. The topological polar surface area (TPSA) is 119 Å². The molecule has 0 bridgehead atoms. The quantitative estimate of drug-likeness (QED) is 0.631. The molecule has 1 N–H and O–H groups in total. The molecule has 170 valence electrons. The van der Waals surface area contributed by atoms with Crippen LogP contribution in [0.2, 0.25) is 5.02 Å². The summed E-state index contributed by atoms with van der Waals surface area (Å²) in [5.41, 5.74) is 0.0570. The summed E-state index contributed by atoms with van der Waals surface area (Å²) in [5.74, 6) is -2.16. The molecule has 0 unspecified atom stereocenters. The van der Waals surface area contributed by atoms with Gasteiger partial charge in [0.25, 0.3) is 5.91 Å². The Hall–Kier alpha value is -2.95. The highest BCUT2D eigenvalue weighted by Crippen LogP contribution is 2.26. The van der Waals surface area contributed by atoms with Gasteiger partial charge in [-0.1, -0.05) is 11.6 Å². The largest absolute Gasteiger partial charge is 0.465 e. The molecule has 11 heteroatoms. The maximum atomic E-state index is 12.9. The first-order chi connectivity index (χ1) is 15.2. The van der Waals surface area contributed by atoms with Gasteiger partial charge in [0.15, 0.2) is 0 Å². The molecule has 1 amide bonds. The van der Waals surface area contributed by atoms with Crippen LogP contribution in [-0.4, -0.2) is 57.9 Å². The lowest BCUT2D eigenvalue weighted by molar-refractivity contribution is 0.0598. The van der Waals surface area contributed by atoms with Gasteiger partial charge in [0.2, 0.25) is 10.0 Å². The van der Waals surface area contributed by atoms with Crippen molar-refractivity contribution in [3.63, 3.8) is 0 Å². The van der Waals surface area contributed by atoms with Gasteiger partial charge in [0.05, 0.1) is 40.8 Å². The third-order valence-corrected chi connectivity index (χ3v) is 7.14. The van der Waals surface area contributed by atoms with E-state index in [-0.39, 0.29) is 32.3 Å². The second-order valence-electron chi connectivity index (χ2n) is 6.99. The number of hydrogen-bond donors (Lipinski definition) is 1. The van der Waals surface area contributed by atoms with E-state index in [2.05, 4.69) is 14.8 Å². The smallest absolute Gasteiger partial charge is 0.337 e. The van der Waals surface area contributed by atoms with E-state index in [0.29, 0.717) is 13.1 Å². The summed E-state index contributed by atoms with van der Waals surface area (Å²) in [6.07, 6.45) is 1.55. The van der Waals surface area contributed by atoms with Crippen molar-refractivity contribution in [3.8, 4) is 0 Å². The first-order valence-electron chi connectivity index (χ1n) is 9.60. The van der Waals surface area contributed by atoms with Crippen LogP contribution in [0.5, 0.6) is 0 Å². The number of rotatable bonds is 6. The molecule has 0 spiro atoms. The van der Waals surface area contributed by atoms with E-state index in [0.717, 1.165) is 12.8 Å². The number of benzene rings is 2. The molecule has 0 saturated carbocycles. The summed E-state index contributed by atoms with van der Waals surface area (Å²) >= 11 is 6.16. The molecule has 0 aromatic heterocycles. The van der Waals surface area contributed by atoms with E-state index >= 15 is 0 Å². The van der Waals surface area contributed by atoms with Crippen molar-refractivity contribution in [2.75, 3.05) is 32.6 Å². The van der Waals surface area contributed by atoms with Crippen molar-refractivity contribution in [2.45, 2.75) is 17.7 Å². The summed E-state index contributed by atoms with van der Waals surface area (Å²) in [6.45, 7) is 0.840. The van der Waals surface area contributed by atoms with Crippen LogP contribution >= 0.6 is 11.6 Å². The Balaban J connectivity index is 1.95. The standard InChI is InChI=1S/C21H21ClN2O7S/c1-30-20(26)13-9-14(21(27)31-2)11-15(10-13)23-19(25)17-12-16(5-6-18(17)22)32(28,29)24-7-3-4-8-24/h5-6,9-12H,3-4,7-8H2,1-2H3,(H,23,25). The van der Waals surface area contributed by atoms with Gasteiger partial charge in [-0.15, -0.1) is 0 Å². The number of sulfonamides is 1. The van der Waals surface area contributed by atoms with Gasteiger partial charge in [-0.3, -0.25) is 4.79 Å². The third-order valence-electron chi connectivity index (χ3n) is 4.92. The SMILES string of the molecule is COC(=O)c1cc(NC(=O)c2cc(S(=O)(=O)N3CCCC3)ccc2Cl)cc(C(=O)OC)c1. The highest BCUT2D eigenvalue weighted by atomic mass is 35.5. The summed E-state index contributed by atoms with van der Waals surface area (Å²) < 4.78 is 36.4. The second-order valence-corrected chi connectivity index (χ2v) is 9.33. The number of anilines is 1. The van der Waals surface area contributed by atoms with Gasteiger partial charge in [0, 0.05) is 18.8 Å². The average Bonchev–Trinajstić information content (AvgIpc) is 3.33. The molecule has 0 atom stereocenters. The Morgan fingerprint density at radius 2 is 1.50 bits per heavy atom. The first kappa shape index (κ1) is 23.7. The number of methoxy groups -OCH3 is 2. The minimum absolute atomic E-state index is 0.0159. The fourth-order valence-electron chi connectivity index (χ4n) is 3.29. The number of nitrogens with one attached hydrogen (secondary N) is 1. The number of esters is 2. The van der Waals surface area contributed by atoms with Gasteiger partial charge in [0.1, 0.15) is 0 Å². The van der Waals surface area contributed by atoms with Crippen molar-refractivity contribution in [3.05, 3.63) is 58.1 Å². The van der Waals surface area contributed by atoms with Gasteiger partial charge in [-0.2, -0.15) is 4.31 Å². The summed E-state index contributed by atoms with van der Waals surface area (Å²) in [4.78, 5) is 36.7. The minimum atomic E-state index is -3.75. The molecule has 0 aliphatic carbocycles. The first-order valence-corrected chi connectivity index (χ1v) is 11.4. The van der Waals surface area contributed by atoms with Crippen LogP contribution in [0.25, 0.3) is 0 Å². The van der Waals surface area contributed by atoms with E-state index < -0.39 is 27.9 Å². The molecule has 32 heavy (non-hydrogen) atoms. The van der Waals surface area contributed by atoms with Crippen LogP contribution < -0.4 is 5.32 Å². The number of halogens is 1. The van der Waals surface area contributed by atoms with Crippen LogP contribution in [0, 0.1) is 0 Å². The van der Waals surface area contributed by atoms with E-state index in [1.165, 1.54) is 54.9 Å². The van der Waals surface area contributed by atoms with Gasteiger partial charge < -0.3 is 14.8 Å². The van der Waals surface area contributed by atoms with Crippen LogP contribution in [-0.2, 0) is 19.5 Å². The molecule has 1 aliphatic heterocycles. The Labute approximate surface area is 190 Å². The molecule has 3 rings (SSSR count). The van der Waals surface area contributed by atoms with Crippen molar-refractivity contribution >= 4 is 45.2 Å². The molecule has 2 aromatic rings. The van der Waals surface area contributed by atoms with Crippen molar-refractivity contribution in [2.24, 2.45) is 0 Å². The van der Waals surface area contributed by atoms with Gasteiger partial charge >= 0.3 is 11.9 Å². The van der Waals surface area contributed by atoms with E-state index in [4.69, 9.17) is 11.6 Å². The summed E-state index contributed by atoms with van der Waals surface area (Å²) in [7, 11) is -1.40. The number of hydrogen-bond acceptors (Lipinski definition) is 7. The van der Waals surface area contributed by atoms with Gasteiger partial charge in [-0.05, 0) is 49.2 Å². The molecule has 1 aliphatic rings. The Kier molecular flexibility index (Phi) is 7.17. The van der Waals surface area contributed by atoms with E-state index in [1.807, 2.05) is 0 Å². The van der Waals surface area contributed by atoms with Gasteiger partial charge in [-0.25, -0.2) is 18.0 Å². The fourth-order valence-corrected chi connectivity index (χ4v) is 5.03. The molecular formula is C21H21ClN2O7S. The monoisotopic (exact) mass is 480 g/mol. The van der Waals surface area contributed by atoms with Crippen molar-refractivity contribution in [1.29, 1.82) is 0 Å². The molecule has 0 radical (unpaired) electrons. The zero-order valence-corrected chi connectivity index (χ0v) is 19.0.